The Balaban J connectivity index is 3.02. The first-order valence-corrected chi connectivity index (χ1v) is 5.10. The number of hydrogen-bond donors (Lipinski definition) is 2. The minimum Gasteiger partial charge on any atom is -0.324 e. The van der Waals surface area contributed by atoms with Crippen LogP contribution >= 0.6 is 15.9 Å². The molecule has 3 nitrogen and oxygen atoms in total. The number of carbonyl (C=O) groups is 1. The van der Waals surface area contributed by atoms with Crippen LogP contribution in [0.25, 0.3) is 0 Å². The Morgan fingerprint density at radius 2 is 1.93 bits per heavy atom. The molecule has 0 saturated carbocycles. The molecule has 0 atom stereocenters. The van der Waals surface area contributed by atoms with Crippen LogP contribution in [0.4, 0.5) is 5.69 Å². The fourth-order valence-corrected chi connectivity index (χ4v) is 1.99. The average molecular weight is 257 g/mol. The first-order chi connectivity index (χ1) is 6.54. The number of anilines is 1. The Labute approximate surface area is 91.8 Å². The molecule has 0 bridgehead atoms. The van der Waals surface area contributed by atoms with Crippen molar-refractivity contribution in [1.29, 1.82) is 0 Å². The summed E-state index contributed by atoms with van der Waals surface area (Å²) in [6.07, 6.45) is 0. The van der Waals surface area contributed by atoms with Gasteiger partial charge in [0, 0.05) is 10.2 Å². The summed E-state index contributed by atoms with van der Waals surface area (Å²) in [6, 6.07) is 3.91. The molecule has 4 heteroatoms. The van der Waals surface area contributed by atoms with E-state index in [2.05, 4.69) is 21.2 Å². The Morgan fingerprint density at radius 1 is 1.43 bits per heavy atom. The third-order valence-corrected chi connectivity index (χ3v) is 2.41. The van der Waals surface area contributed by atoms with E-state index in [1.807, 2.05) is 26.0 Å². The van der Waals surface area contributed by atoms with Gasteiger partial charge in [-0.2, -0.15) is 0 Å². The summed E-state index contributed by atoms with van der Waals surface area (Å²) in [4.78, 5) is 11.1. The van der Waals surface area contributed by atoms with Gasteiger partial charge in [0.15, 0.2) is 0 Å². The Kier molecular flexibility index (Phi) is 3.66. The highest BCUT2D eigenvalue weighted by Crippen LogP contribution is 2.24. The van der Waals surface area contributed by atoms with E-state index in [4.69, 9.17) is 5.73 Å². The van der Waals surface area contributed by atoms with Crippen molar-refractivity contribution in [2.45, 2.75) is 13.8 Å². The van der Waals surface area contributed by atoms with E-state index in [1.165, 1.54) is 0 Å². The van der Waals surface area contributed by atoms with Gasteiger partial charge in [-0.1, -0.05) is 15.9 Å². The molecule has 0 aromatic heterocycles. The van der Waals surface area contributed by atoms with Crippen LogP contribution < -0.4 is 11.1 Å². The molecule has 0 heterocycles. The molecular weight excluding hydrogens is 244 g/mol. The first-order valence-electron chi connectivity index (χ1n) is 4.31. The highest BCUT2D eigenvalue weighted by Gasteiger charge is 2.06. The molecule has 1 aromatic carbocycles. The van der Waals surface area contributed by atoms with Gasteiger partial charge in [0.25, 0.3) is 0 Å². The van der Waals surface area contributed by atoms with E-state index in [-0.39, 0.29) is 12.5 Å². The van der Waals surface area contributed by atoms with Crippen LogP contribution in [-0.4, -0.2) is 12.5 Å². The SMILES string of the molecule is Cc1cc(Br)cc(C)c1NC(=O)CN. The standard InChI is InChI=1S/C10H13BrN2O/c1-6-3-8(11)4-7(2)10(6)13-9(14)5-12/h3-4H,5,12H2,1-2H3,(H,13,14). The van der Waals surface area contributed by atoms with Crippen LogP contribution in [0.2, 0.25) is 0 Å². The molecule has 14 heavy (non-hydrogen) atoms. The van der Waals surface area contributed by atoms with Crippen molar-refractivity contribution in [2.24, 2.45) is 5.73 Å². The third kappa shape index (κ3) is 2.56. The van der Waals surface area contributed by atoms with Gasteiger partial charge in [0.1, 0.15) is 0 Å². The average Bonchev–Trinajstić information content (AvgIpc) is 2.10. The lowest BCUT2D eigenvalue weighted by molar-refractivity contribution is -0.114. The van der Waals surface area contributed by atoms with Crippen molar-refractivity contribution in [3.63, 3.8) is 0 Å². The maximum atomic E-state index is 11.1. The summed E-state index contributed by atoms with van der Waals surface area (Å²) in [7, 11) is 0. The third-order valence-electron chi connectivity index (χ3n) is 1.95. The summed E-state index contributed by atoms with van der Waals surface area (Å²) in [6.45, 7) is 3.91. The van der Waals surface area contributed by atoms with Crippen LogP contribution in [0.15, 0.2) is 16.6 Å². The first kappa shape index (κ1) is 11.2. The summed E-state index contributed by atoms with van der Waals surface area (Å²) < 4.78 is 1.01. The molecule has 0 radical (unpaired) electrons. The quantitative estimate of drug-likeness (QED) is 0.850. The smallest absolute Gasteiger partial charge is 0.238 e. The van der Waals surface area contributed by atoms with E-state index in [0.717, 1.165) is 21.3 Å². The van der Waals surface area contributed by atoms with E-state index < -0.39 is 0 Å². The van der Waals surface area contributed by atoms with Crippen LogP contribution in [0.3, 0.4) is 0 Å². The zero-order chi connectivity index (χ0) is 10.7. The Morgan fingerprint density at radius 3 is 2.36 bits per heavy atom. The molecule has 0 aliphatic heterocycles. The second-order valence-electron chi connectivity index (χ2n) is 3.17. The van der Waals surface area contributed by atoms with E-state index >= 15 is 0 Å². The molecule has 76 valence electrons. The van der Waals surface area contributed by atoms with Crippen molar-refractivity contribution in [3.8, 4) is 0 Å². The monoisotopic (exact) mass is 256 g/mol. The Bertz CT molecular complexity index is 340. The Hall–Kier alpha value is -0.870. The van der Waals surface area contributed by atoms with Crippen LogP contribution in [0.1, 0.15) is 11.1 Å². The topological polar surface area (TPSA) is 55.1 Å². The number of halogens is 1. The van der Waals surface area contributed by atoms with Crippen molar-refractivity contribution in [3.05, 3.63) is 27.7 Å². The highest BCUT2D eigenvalue weighted by molar-refractivity contribution is 9.10. The summed E-state index contributed by atoms with van der Waals surface area (Å²) in [5.74, 6) is -0.168. The van der Waals surface area contributed by atoms with E-state index in [1.54, 1.807) is 0 Å². The van der Waals surface area contributed by atoms with Crippen molar-refractivity contribution in [2.75, 3.05) is 11.9 Å². The number of aryl methyl sites for hydroxylation is 2. The minimum absolute atomic E-state index is 0.00887. The fraction of sp³-hybridized carbons (Fsp3) is 0.300. The van der Waals surface area contributed by atoms with Gasteiger partial charge < -0.3 is 11.1 Å². The van der Waals surface area contributed by atoms with E-state index in [0.29, 0.717) is 0 Å². The van der Waals surface area contributed by atoms with Gasteiger partial charge in [-0.15, -0.1) is 0 Å². The van der Waals surface area contributed by atoms with Gasteiger partial charge in [0.05, 0.1) is 6.54 Å². The zero-order valence-electron chi connectivity index (χ0n) is 8.23. The number of nitrogens with two attached hydrogens (primary N) is 1. The van der Waals surface area contributed by atoms with Crippen LogP contribution in [0.5, 0.6) is 0 Å². The zero-order valence-corrected chi connectivity index (χ0v) is 9.81. The summed E-state index contributed by atoms with van der Waals surface area (Å²) >= 11 is 3.39. The van der Waals surface area contributed by atoms with Gasteiger partial charge >= 0.3 is 0 Å². The number of amides is 1. The largest absolute Gasteiger partial charge is 0.324 e. The van der Waals surface area contributed by atoms with Gasteiger partial charge in [-0.3, -0.25) is 4.79 Å². The second kappa shape index (κ2) is 4.57. The molecule has 1 aromatic rings. The number of nitrogens with one attached hydrogen (secondary N) is 1. The lowest BCUT2D eigenvalue weighted by Gasteiger charge is -2.11. The molecule has 0 aliphatic rings. The predicted octanol–water partition coefficient (Wildman–Crippen LogP) is 1.96. The van der Waals surface area contributed by atoms with Crippen molar-refractivity contribution in [1.82, 2.24) is 0 Å². The summed E-state index contributed by atoms with van der Waals surface area (Å²) in [5, 5.41) is 2.77. The molecule has 0 unspecified atom stereocenters. The highest BCUT2D eigenvalue weighted by atomic mass is 79.9. The van der Waals surface area contributed by atoms with Gasteiger partial charge in [0.2, 0.25) is 5.91 Å². The lowest BCUT2D eigenvalue weighted by atomic mass is 10.1. The fourth-order valence-electron chi connectivity index (χ4n) is 1.30. The molecule has 0 aliphatic carbocycles. The van der Waals surface area contributed by atoms with Crippen molar-refractivity contribution >= 4 is 27.5 Å². The summed E-state index contributed by atoms with van der Waals surface area (Å²) in [5.41, 5.74) is 8.13. The molecule has 1 amide bonds. The molecule has 0 fully saturated rings. The van der Waals surface area contributed by atoms with Gasteiger partial charge in [-0.25, -0.2) is 0 Å². The molecule has 0 spiro atoms. The normalized spacial score (nSPS) is 10.0. The van der Waals surface area contributed by atoms with Crippen molar-refractivity contribution < 1.29 is 4.79 Å². The predicted molar refractivity (Wildman–Crippen MR) is 61.3 cm³/mol. The van der Waals surface area contributed by atoms with Crippen LogP contribution in [-0.2, 0) is 4.79 Å². The minimum atomic E-state index is -0.168. The second-order valence-corrected chi connectivity index (χ2v) is 4.08. The van der Waals surface area contributed by atoms with Gasteiger partial charge in [-0.05, 0) is 37.1 Å². The van der Waals surface area contributed by atoms with E-state index in [9.17, 15) is 4.79 Å². The maximum absolute atomic E-state index is 11.1. The number of benzene rings is 1. The molecule has 3 N–H and O–H groups in total. The number of rotatable bonds is 2. The lowest BCUT2D eigenvalue weighted by Crippen LogP contribution is -2.22. The van der Waals surface area contributed by atoms with Crippen LogP contribution in [0, 0.1) is 13.8 Å². The maximum Gasteiger partial charge on any atom is 0.238 e. The number of hydrogen-bond acceptors (Lipinski definition) is 2. The number of carbonyl (C=O) groups excluding carboxylic acids is 1. The molecular formula is C10H13BrN2O. The molecule has 0 saturated heterocycles. The molecule has 1 rings (SSSR count).